The van der Waals surface area contributed by atoms with E-state index < -0.39 is 5.82 Å². The van der Waals surface area contributed by atoms with E-state index in [9.17, 15) is 9.18 Å². The maximum atomic E-state index is 14.0. The summed E-state index contributed by atoms with van der Waals surface area (Å²) in [5, 5.41) is 5.99. The third kappa shape index (κ3) is 4.11. The van der Waals surface area contributed by atoms with Gasteiger partial charge in [0.15, 0.2) is 11.6 Å². The van der Waals surface area contributed by atoms with Crippen LogP contribution < -0.4 is 15.4 Å². The molecule has 1 aliphatic carbocycles. The van der Waals surface area contributed by atoms with Crippen LogP contribution in [0.3, 0.4) is 0 Å². The molecule has 1 amide bonds. The quantitative estimate of drug-likeness (QED) is 0.893. The van der Waals surface area contributed by atoms with Gasteiger partial charge in [-0.25, -0.2) is 4.39 Å². The number of halogens is 2. The summed E-state index contributed by atoms with van der Waals surface area (Å²) in [6.45, 7) is 1.66. The lowest BCUT2D eigenvalue weighted by atomic mass is 9.96. The van der Waals surface area contributed by atoms with E-state index in [0.717, 1.165) is 38.6 Å². The van der Waals surface area contributed by atoms with Crippen LogP contribution in [-0.4, -0.2) is 25.1 Å². The molecule has 1 aromatic carbocycles. The number of piperidine rings is 1. The number of benzene rings is 1. The maximum absolute atomic E-state index is 14.0. The highest BCUT2D eigenvalue weighted by Crippen LogP contribution is 2.28. The minimum absolute atomic E-state index is 0. The molecule has 1 saturated heterocycles. The molecule has 3 rings (SSSR count). The molecule has 0 spiro atoms. The maximum Gasteiger partial charge on any atom is 0.228 e. The summed E-state index contributed by atoms with van der Waals surface area (Å²) < 4.78 is 19.5. The number of ether oxygens (including phenoxy) is 1. The van der Waals surface area contributed by atoms with Crippen LogP contribution in [-0.2, 0) is 4.79 Å². The number of carbonyl (C=O) groups is 1. The molecular formula is C16H22ClFN2O2. The molecule has 0 aromatic heterocycles. The van der Waals surface area contributed by atoms with Crippen molar-refractivity contribution in [2.45, 2.75) is 38.2 Å². The van der Waals surface area contributed by atoms with Crippen molar-refractivity contribution in [3.63, 3.8) is 0 Å². The fourth-order valence-electron chi connectivity index (χ4n) is 2.66. The van der Waals surface area contributed by atoms with Crippen LogP contribution in [0.15, 0.2) is 18.2 Å². The van der Waals surface area contributed by atoms with Crippen LogP contribution in [0, 0.1) is 11.7 Å². The van der Waals surface area contributed by atoms with Gasteiger partial charge in [-0.3, -0.25) is 4.79 Å². The summed E-state index contributed by atoms with van der Waals surface area (Å²) in [5.74, 6) is -0.222. The lowest BCUT2D eigenvalue weighted by molar-refractivity contribution is -0.120. The number of hydrogen-bond donors (Lipinski definition) is 2. The van der Waals surface area contributed by atoms with Crippen molar-refractivity contribution < 1.29 is 13.9 Å². The van der Waals surface area contributed by atoms with Gasteiger partial charge in [0, 0.05) is 18.3 Å². The molecule has 1 aromatic rings. The van der Waals surface area contributed by atoms with Crippen LogP contribution in [0.2, 0.25) is 0 Å². The Balaban J connectivity index is 0.00000176. The van der Waals surface area contributed by atoms with Crippen molar-refractivity contribution in [2.75, 3.05) is 18.4 Å². The fourth-order valence-corrected chi connectivity index (χ4v) is 2.66. The number of carbonyl (C=O) groups excluding carboxylic acids is 1. The van der Waals surface area contributed by atoms with Gasteiger partial charge < -0.3 is 15.4 Å². The van der Waals surface area contributed by atoms with Gasteiger partial charge in [0.25, 0.3) is 0 Å². The molecule has 122 valence electrons. The Morgan fingerprint density at radius 1 is 1.27 bits per heavy atom. The zero-order chi connectivity index (χ0) is 14.7. The van der Waals surface area contributed by atoms with Crippen molar-refractivity contribution in [1.82, 2.24) is 5.32 Å². The Morgan fingerprint density at radius 2 is 2.09 bits per heavy atom. The van der Waals surface area contributed by atoms with Gasteiger partial charge in [-0.1, -0.05) is 0 Å². The van der Waals surface area contributed by atoms with Crippen molar-refractivity contribution in [3.8, 4) is 5.75 Å². The van der Waals surface area contributed by atoms with E-state index in [0.29, 0.717) is 12.2 Å². The van der Waals surface area contributed by atoms with Gasteiger partial charge >= 0.3 is 0 Å². The Morgan fingerprint density at radius 3 is 2.68 bits per heavy atom. The second kappa shape index (κ2) is 7.79. The molecule has 4 nitrogen and oxygen atoms in total. The molecule has 1 saturated carbocycles. The van der Waals surface area contributed by atoms with Gasteiger partial charge in [-0.2, -0.15) is 0 Å². The average molecular weight is 329 g/mol. The molecule has 2 fully saturated rings. The second-order valence-electron chi connectivity index (χ2n) is 5.85. The van der Waals surface area contributed by atoms with Gasteiger partial charge in [0.05, 0.1) is 12.0 Å². The Bertz CT molecular complexity index is 517. The number of hydrogen-bond acceptors (Lipinski definition) is 3. The zero-order valence-corrected chi connectivity index (χ0v) is 13.3. The molecule has 1 aliphatic heterocycles. The lowest BCUT2D eigenvalue weighted by Crippen LogP contribution is -2.37. The fraction of sp³-hybridized carbons (Fsp3) is 0.562. The molecule has 1 unspecified atom stereocenters. The molecule has 0 radical (unpaired) electrons. The van der Waals surface area contributed by atoms with E-state index in [-0.39, 0.29) is 36.1 Å². The van der Waals surface area contributed by atoms with Gasteiger partial charge in [-0.15, -0.1) is 12.4 Å². The Hall–Kier alpha value is -1.33. The first-order valence-corrected chi connectivity index (χ1v) is 7.70. The average Bonchev–Trinajstić information content (AvgIpc) is 2.45. The SMILES string of the molecule is Cl.O=C(Nc1ccc(OC2CCC2)c(F)c1)C1CCCNC1. The Kier molecular flexibility index (Phi) is 6.03. The summed E-state index contributed by atoms with van der Waals surface area (Å²) in [6.07, 6.45) is 5.16. The predicted molar refractivity (Wildman–Crippen MR) is 86.1 cm³/mol. The van der Waals surface area contributed by atoms with Crippen LogP contribution in [0.4, 0.5) is 10.1 Å². The number of amides is 1. The second-order valence-corrected chi connectivity index (χ2v) is 5.85. The zero-order valence-electron chi connectivity index (χ0n) is 12.4. The highest BCUT2D eigenvalue weighted by atomic mass is 35.5. The van der Waals surface area contributed by atoms with E-state index >= 15 is 0 Å². The largest absolute Gasteiger partial charge is 0.487 e. The molecule has 1 atom stereocenters. The van der Waals surface area contributed by atoms with E-state index in [4.69, 9.17) is 4.74 Å². The summed E-state index contributed by atoms with van der Waals surface area (Å²) in [5.41, 5.74) is 0.490. The number of anilines is 1. The summed E-state index contributed by atoms with van der Waals surface area (Å²) in [6, 6.07) is 4.63. The van der Waals surface area contributed by atoms with Crippen molar-refractivity contribution in [1.29, 1.82) is 0 Å². The highest BCUT2D eigenvalue weighted by Gasteiger charge is 2.22. The molecule has 2 N–H and O–H groups in total. The molecule has 0 bridgehead atoms. The van der Waals surface area contributed by atoms with E-state index in [1.807, 2.05) is 0 Å². The van der Waals surface area contributed by atoms with Crippen LogP contribution in [0.1, 0.15) is 32.1 Å². The van der Waals surface area contributed by atoms with Crippen molar-refractivity contribution in [2.24, 2.45) is 5.92 Å². The molecular weight excluding hydrogens is 307 g/mol. The minimum atomic E-state index is -0.415. The monoisotopic (exact) mass is 328 g/mol. The predicted octanol–water partition coefficient (Wildman–Crippen LogP) is 3.12. The molecule has 2 aliphatic rings. The highest BCUT2D eigenvalue weighted by molar-refractivity contribution is 5.92. The summed E-state index contributed by atoms with van der Waals surface area (Å²) in [4.78, 5) is 12.1. The van der Waals surface area contributed by atoms with E-state index in [1.54, 1.807) is 12.1 Å². The lowest BCUT2D eigenvalue weighted by Gasteiger charge is -2.26. The first-order chi connectivity index (χ1) is 10.2. The summed E-state index contributed by atoms with van der Waals surface area (Å²) in [7, 11) is 0. The molecule has 6 heteroatoms. The number of rotatable bonds is 4. The summed E-state index contributed by atoms with van der Waals surface area (Å²) >= 11 is 0. The van der Waals surface area contributed by atoms with Crippen LogP contribution in [0.25, 0.3) is 0 Å². The van der Waals surface area contributed by atoms with E-state index in [2.05, 4.69) is 10.6 Å². The van der Waals surface area contributed by atoms with Gasteiger partial charge in [0.1, 0.15) is 0 Å². The Labute approximate surface area is 136 Å². The van der Waals surface area contributed by atoms with E-state index in [1.165, 1.54) is 6.07 Å². The third-order valence-electron chi connectivity index (χ3n) is 4.21. The van der Waals surface area contributed by atoms with Gasteiger partial charge in [-0.05, 0) is 50.8 Å². The van der Waals surface area contributed by atoms with Crippen LogP contribution in [0.5, 0.6) is 5.75 Å². The molecule has 22 heavy (non-hydrogen) atoms. The topological polar surface area (TPSA) is 50.4 Å². The first kappa shape index (κ1) is 17.0. The van der Waals surface area contributed by atoms with Crippen LogP contribution >= 0.6 is 12.4 Å². The number of nitrogens with one attached hydrogen (secondary N) is 2. The third-order valence-corrected chi connectivity index (χ3v) is 4.21. The minimum Gasteiger partial charge on any atom is -0.487 e. The normalized spacial score (nSPS) is 21.4. The van der Waals surface area contributed by atoms with Crippen molar-refractivity contribution in [3.05, 3.63) is 24.0 Å². The smallest absolute Gasteiger partial charge is 0.228 e. The van der Waals surface area contributed by atoms with Gasteiger partial charge in [0.2, 0.25) is 5.91 Å². The first-order valence-electron chi connectivity index (χ1n) is 7.70. The standard InChI is InChI=1S/C16H21FN2O2.ClH/c17-14-9-12(6-7-15(14)21-13-4-1-5-13)19-16(20)11-3-2-8-18-10-11;/h6-7,9,11,13,18H,1-5,8,10H2,(H,19,20);1H. The molecule has 1 heterocycles. The van der Waals surface area contributed by atoms with Crippen molar-refractivity contribution >= 4 is 24.0 Å².